The summed E-state index contributed by atoms with van der Waals surface area (Å²) < 4.78 is 24.6. The summed E-state index contributed by atoms with van der Waals surface area (Å²) in [6, 6.07) is 6.90. The van der Waals surface area contributed by atoms with Crippen LogP contribution in [0.25, 0.3) is 10.9 Å². The van der Waals surface area contributed by atoms with Crippen LogP contribution in [0.1, 0.15) is 25.1 Å². The molecular weight excluding hydrogens is 393 g/mol. The zero-order valence-electron chi connectivity index (χ0n) is 16.9. The fourth-order valence-electron chi connectivity index (χ4n) is 3.27. The van der Waals surface area contributed by atoms with Crippen LogP contribution in [0.3, 0.4) is 0 Å². The molecule has 8 nitrogen and oxygen atoms in total. The summed E-state index contributed by atoms with van der Waals surface area (Å²) in [6.07, 6.45) is -0.0797. The highest BCUT2D eigenvalue weighted by atomic mass is 19.1. The molecule has 30 heavy (non-hydrogen) atoms. The number of anilines is 1. The number of halogens is 1. The summed E-state index contributed by atoms with van der Waals surface area (Å²) in [5.74, 6) is -0.359. The molecule has 9 heteroatoms. The minimum atomic E-state index is -0.597. The van der Waals surface area contributed by atoms with Gasteiger partial charge in [0.05, 0.1) is 30.6 Å². The number of rotatable bonds is 8. The van der Waals surface area contributed by atoms with Crippen molar-refractivity contribution >= 4 is 28.2 Å². The highest BCUT2D eigenvalue weighted by Crippen LogP contribution is 2.38. The van der Waals surface area contributed by atoms with Gasteiger partial charge in [-0.25, -0.2) is 4.39 Å². The van der Waals surface area contributed by atoms with E-state index >= 15 is 0 Å². The van der Waals surface area contributed by atoms with Crippen LogP contribution in [-0.4, -0.2) is 29.0 Å². The molecule has 0 atom stereocenters. The van der Waals surface area contributed by atoms with Gasteiger partial charge in [0.2, 0.25) is 5.91 Å². The van der Waals surface area contributed by atoms with E-state index in [0.717, 1.165) is 5.69 Å². The number of hydrogen-bond acceptors (Lipinski definition) is 5. The van der Waals surface area contributed by atoms with Gasteiger partial charge >= 0.3 is 0 Å². The fraction of sp³-hybridized carbons (Fsp3) is 0.286. The summed E-state index contributed by atoms with van der Waals surface area (Å²) >= 11 is 0. The Morgan fingerprint density at radius 3 is 2.47 bits per heavy atom. The summed E-state index contributed by atoms with van der Waals surface area (Å²) in [6.45, 7) is 5.94. The first-order chi connectivity index (χ1) is 14.3. The van der Waals surface area contributed by atoms with E-state index < -0.39 is 16.6 Å². The van der Waals surface area contributed by atoms with Crippen LogP contribution in [0.5, 0.6) is 11.5 Å². The second-order valence-electron chi connectivity index (χ2n) is 6.58. The molecule has 2 N–H and O–H groups in total. The van der Waals surface area contributed by atoms with E-state index in [2.05, 4.69) is 10.3 Å². The third-order valence-electron chi connectivity index (χ3n) is 4.55. The van der Waals surface area contributed by atoms with E-state index in [-0.39, 0.29) is 23.5 Å². The second-order valence-corrected chi connectivity index (χ2v) is 6.58. The van der Waals surface area contributed by atoms with E-state index in [1.165, 1.54) is 24.3 Å². The number of benzene rings is 2. The summed E-state index contributed by atoms with van der Waals surface area (Å²) in [4.78, 5) is 26.7. The van der Waals surface area contributed by atoms with Gasteiger partial charge in [-0.05, 0) is 44.5 Å². The molecule has 0 saturated heterocycles. The molecule has 0 aliphatic carbocycles. The van der Waals surface area contributed by atoms with Gasteiger partial charge in [0.1, 0.15) is 11.5 Å². The molecule has 3 rings (SSSR count). The number of nitrogens with one attached hydrogen (secondary N) is 2. The van der Waals surface area contributed by atoms with E-state index in [1.54, 1.807) is 26.8 Å². The van der Waals surface area contributed by atoms with Crippen LogP contribution in [0.15, 0.2) is 30.3 Å². The smallest absolute Gasteiger partial charge is 0.296 e. The monoisotopic (exact) mass is 415 g/mol. The van der Waals surface area contributed by atoms with Crippen LogP contribution >= 0.6 is 0 Å². The van der Waals surface area contributed by atoms with Crippen LogP contribution in [-0.2, 0) is 11.2 Å². The molecule has 0 unspecified atom stereocenters. The van der Waals surface area contributed by atoms with Gasteiger partial charge in [0.15, 0.2) is 11.5 Å². The number of carbonyl (C=O) groups excluding carboxylic acids is 1. The first-order valence-corrected chi connectivity index (χ1v) is 9.48. The predicted octanol–water partition coefficient (Wildman–Crippen LogP) is 4.50. The van der Waals surface area contributed by atoms with Gasteiger partial charge in [-0.3, -0.25) is 14.9 Å². The minimum absolute atomic E-state index is 0.000535. The Bertz CT molecular complexity index is 1110. The normalized spacial score (nSPS) is 10.8. The van der Waals surface area contributed by atoms with Crippen molar-refractivity contribution in [1.29, 1.82) is 0 Å². The van der Waals surface area contributed by atoms with Crippen LogP contribution in [0.2, 0.25) is 0 Å². The summed E-state index contributed by atoms with van der Waals surface area (Å²) in [5, 5.41) is 14.7. The number of carbonyl (C=O) groups is 1. The number of aryl methyl sites for hydroxylation is 1. The molecule has 0 spiro atoms. The Balaban J connectivity index is 1.92. The lowest BCUT2D eigenvalue weighted by Crippen LogP contribution is -2.16. The SMILES string of the molecule is CCOc1cc(NC(=O)Cc2c(C)[nH]c3ccc(F)cc23)c([N+](=O)[O-])cc1OCC. The Morgan fingerprint density at radius 2 is 1.83 bits per heavy atom. The fourth-order valence-corrected chi connectivity index (χ4v) is 3.27. The van der Waals surface area contributed by atoms with Crippen molar-refractivity contribution in [2.45, 2.75) is 27.2 Å². The van der Waals surface area contributed by atoms with Crippen molar-refractivity contribution < 1.29 is 23.6 Å². The van der Waals surface area contributed by atoms with E-state index in [9.17, 15) is 19.3 Å². The third-order valence-corrected chi connectivity index (χ3v) is 4.55. The average Bonchev–Trinajstić information content (AvgIpc) is 2.98. The first-order valence-electron chi connectivity index (χ1n) is 9.48. The number of aromatic amines is 1. The standard InChI is InChI=1S/C21H22FN3O5/c1-4-29-19-10-17(18(25(27)28)11-20(19)30-5-2)24-21(26)9-14-12(3)23-16-7-6-13(22)8-15(14)16/h6-8,10-11,23H,4-5,9H2,1-3H3,(H,24,26). The molecule has 0 saturated carbocycles. The highest BCUT2D eigenvalue weighted by Gasteiger charge is 2.22. The maximum atomic E-state index is 13.7. The predicted molar refractivity (Wildman–Crippen MR) is 111 cm³/mol. The summed E-state index contributed by atoms with van der Waals surface area (Å²) in [7, 11) is 0. The average molecular weight is 415 g/mol. The molecule has 0 aliphatic rings. The molecule has 2 aromatic carbocycles. The topological polar surface area (TPSA) is 106 Å². The number of hydrogen-bond donors (Lipinski definition) is 2. The van der Waals surface area contributed by atoms with E-state index in [0.29, 0.717) is 35.4 Å². The van der Waals surface area contributed by atoms with Gasteiger partial charge < -0.3 is 19.8 Å². The lowest BCUT2D eigenvalue weighted by Gasteiger charge is -2.13. The first kappa shape index (κ1) is 21.1. The van der Waals surface area contributed by atoms with Gasteiger partial charge in [-0.15, -0.1) is 0 Å². The van der Waals surface area contributed by atoms with Gasteiger partial charge in [-0.1, -0.05) is 0 Å². The highest BCUT2D eigenvalue weighted by molar-refractivity contribution is 5.98. The Morgan fingerprint density at radius 1 is 1.17 bits per heavy atom. The van der Waals surface area contributed by atoms with Crippen molar-refractivity contribution in [2.75, 3.05) is 18.5 Å². The lowest BCUT2D eigenvalue weighted by molar-refractivity contribution is -0.384. The van der Waals surface area contributed by atoms with E-state index in [4.69, 9.17) is 9.47 Å². The van der Waals surface area contributed by atoms with Gasteiger partial charge in [0.25, 0.3) is 5.69 Å². The summed E-state index contributed by atoms with van der Waals surface area (Å²) in [5.41, 5.74) is 1.75. The maximum Gasteiger partial charge on any atom is 0.296 e. The molecular formula is C21H22FN3O5. The molecule has 3 aromatic rings. The van der Waals surface area contributed by atoms with Crippen molar-refractivity contribution in [3.05, 3.63) is 57.5 Å². The van der Waals surface area contributed by atoms with Crippen molar-refractivity contribution in [3.8, 4) is 11.5 Å². The number of nitrogens with zero attached hydrogens (tertiary/aromatic N) is 1. The molecule has 1 aromatic heterocycles. The maximum absolute atomic E-state index is 13.7. The van der Waals surface area contributed by atoms with Crippen LogP contribution in [0, 0.1) is 22.9 Å². The van der Waals surface area contributed by atoms with E-state index in [1.807, 2.05) is 0 Å². The quantitative estimate of drug-likeness (QED) is 0.416. The lowest BCUT2D eigenvalue weighted by atomic mass is 10.1. The Kier molecular flexibility index (Phi) is 6.20. The number of aromatic nitrogens is 1. The second kappa shape index (κ2) is 8.81. The number of ether oxygens (including phenoxy) is 2. The largest absolute Gasteiger partial charge is 0.490 e. The molecule has 0 radical (unpaired) electrons. The molecule has 0 fully saturated rings. The Hall–Kier alpha value is -3.62. The number of nitro groups is 1. The Labute approximate surface area is 172 Å². The third kappa shape index (κ3) is 4.35. The number of nitro benzene ring substituents is 1. The van der Waals surface area contributed by atoms with Gasteiger partial charge in [-0.2, -0.15) is 0 Å². The zero-order chi connectivity index (χ0) is 21.8. The van der Waals surface area contributed by atoms with Gasteiger partial charge in [0, 0.05) is 22.7 Å². The van der Waals surface area contributed by atoms with Crippen molar-refractivity contribution in [1.82, 2.24) is 4.98 Å². The molecule has 158 valence electrons. The molecule has 0 bridgehead atoms. The molecule has 1 amide bonds. The van der Waals surface area contributed by atoms with Crippen LogP contribution < -0.4 is 14.8 Å². The van der Waals surface area contributed by atoms with Crippen molar-refractivity contribution in [2.24, 2.45) is 0 Å². The minimum Gasteiger partial charge on any atom is -0.490 e. The number of H-pyrrole nitrogens is 1. The number of fused-ring (bicyclic) bond motifs is 1. The zero-order valence-corrected chi connectivity index (χ0v) is 16.9. The van der Waals surface area contributed by atoms with Crippen molar-refractivity contribution in [3.63, 3.8) is 0 Å². The van der Waals surface area contributed by atoms with Crippen LogP contribution in [0.4, 0.5) is 15.8 Å². The molecule has 1 heterocycles. The number of amides is 1. The molecule has 0 aliphatic heterocycles.